The SMILES string of the molecule is CCC(c1nnnn1Cc1ccc(F)cc1)N(Cc1cc2cc(C)ccc2[nH]c1=O)C1CCCCC1. The van der Waals surface area contributed by atoms with Crippen LogP contribution in [0.4, 0.5) is 4.39 Å². The molecule has 2 aromatic heterocycles. The average Bonchev–Trinajstić information content (AvgIpc) is 3.34. The van der Waals surface area contributed by atoms with Gasteiger partial charge in [0.25, 0.3) is 5.56 Å². The second-order valence-corrected chi connectivity index (χ2v) is 9.92. The van der Waals surface area contributed by atoms with Gasteiger partial charge in [0.15, 0.2) is 5.82 Å². The molecule has 7 nitrogen and oxygen atoms in total. The zero-order valence-electron chi connectivity index (χ0n) is 21.0. The van der Waals surface area contributed by atoms with E-state index in [9.17, 15) is 9.18 Å². The predicted octanol–water partition coefficient (Wildman–Crippen LogP) is 5.30. The monoisotopic (exact) mass is 488 g/mol. The molecule has 1 unspecified atom stereocenters. The number of pyridine rings is 1. The third-order valence-electron chi connectivity index (χ3n) is 7.36. The molecule has 0 aliphatic heterocycles. The number of aromatic amines is 1. The van der Waals surface area contributed by atoms with E-state index >= 15 is 0 Å². The van der Waals surface area contributed by atoms with E-state index in [0.717, 1.165) is 52.7 Å². The number of benzene rings is 2. The minimum atomic E-state index is -0.263. The fraction of sp³-hybridized carbons (Fsp3) is 0.429. The van der Waals surface area contributed by atoms with Crippen LogP contribution in [-0.2, 0) is 13.1 Å². The zero-order valence-corrected chi connectivity index (χ0v) is 21.0. The zero-order chi connectivity index (χ0) is 25.1. The highest BCUT2D eigenvalue weighted by atomic mass is 19.1. The highest BCUT2D eigenvalue weighted by molar-refractivity contribution is 5.79. The number of hydrogen-bond donors (Lipinski definition) is 1. The van der Waals surface area contributed by atoms with Gasteiger partial charge in [-0.2, -0.15) is 0 Å². The lowest BCUT2D eigenvalue weighted by atomic mass is 9.92. The van der Waals surface area contributed by atoms with Gasteiger partial charge < -0.3 is 4.98 Å². The number of tetrazole rings is 1. The summed E-state index contributed by atoms with van der Waals surface area (Å²) in [6.45, 7) is 5.21. The maximum Gasteiger partial charge on any atom is 0.252 e. The van der Waals surface area contributed by atoms with Crippen LogP contribution < -0.4 is 5.56 Å². The molecular weight excluding hydrogens is 455 g/mol. The lowest BCUT2D eigenvalue weighted by molar-refractivity contribution is 0.0844. The fourth-order valence-electron chi connectivity index (χ4n) is 5.48. The second kappa shape index (κ2) is 10.7. The van der Waals surface area contributed by atoms with Crippen LogP contribution in [0.5, 0.6) is 0 Å². The van der Waals surface area contributed by atoms with Crippen molar-refractivity contribution in [3.8, 4) is 0 Å². The molecule has 4 aromatic rings. The molecule has 1 saturated carbocycles. The minimum Gasteiger partial charge on any atom is -0.322 e. The highest BCUT2D eigenvalue weighted by Crippen LogP contribution is 2.33. The largest absolute Gasteiger partial charge is 0.322 e. The van der Waals surface area contributed by atoms with Gasteiger partial charge in [0, 0.05) is 23.7 Å². The van der Waals surface area contributed by atoms with Crippen molar-refractivity contribution in [2.45, 2.75) is 77.5 Å². The lowest BCUT2D eigenvalue weighted by Gasteiger charge is -2.39. The van der Waals surface area contributed by atoms with Crippen molar-refractivity contribution in [2.24, 2.45) is 0 Å². The van der Waals surface area contributed by atoms with E-state index in [-0.39, 0.29) is 17.4 Å². The van der Waals surface area contributed by atoms with Crippen molar-refractivity contribution in [3.05, 3.63) is 87.2 Å². The molecule has 1 atom stereocenters. The number of halogens is 1. The van der Waals surface area contributed by atoms with E-state index in [1.165, 1.54) is 31.4 Å². The molecular formula is C28H33FN6O. The van der Waals surface area contributed by atoms with E-state index in [2.05, 4.69) is 45.3 Å². The number of aryl methyl sites for hydroxylation is 1. The van der Waals surface area contributed by atoms with Crippen molar-refractivity contribution in [2.75, 3.05) is 0 Å². The van der Waals surface area contributed by atoms with Crippen molar-refractivity contribution >= 4 is 10.9 Å². The summed E-state index contributed by atoms with van der Waals surface area (Å²) in [5.41, 5.74) is 3.66. The van der Waals surface area contributed by atoms with Crippen molar-refractivity contribution < 1.29 is 4.39 Å². The van der Waals surface area contributed by atoms with Crippen molar-refractivity contribution in [1.82, 2.24) is 30.1 Å². The molecule has 2 aromatic carbocycles. The molecule has 0 spiro atoms. The Bertz CT molecular complexity index is 1370. The molecule has 0 saturated heterocycles. The van der Waals surface area contributed by atoms with Crippen LogP contribution in [0.25, 0.3) is 10.9 Å². The van der Waals surface area contributed by atoms with Crippen LogP contribution >= 0.6 is 0 Å². The molecule has 5 rings (SSSR count). The summed E-state index contributed by atoms with van der Waals surface area (Å²) in [6, 6.07) is 14.9. The summed E-state index contributed by atoms with van der Waals surface area (Å²) < 4.78 is 15.2. The summed E-state index contributed by atoms with van der Waals surface area (Å²) in [5.74, 6) is 0.516. The van der Waals surface area contributed by atoms with Crippen LogP contribution in [0.3, 0.4) is 0 Å². The van der Waals surface area contributed by atoms with Gasteiger partial charge in [-0.1, -0.05) is 49.9 Å². The Morgan fingerprint density at radius 2 is 1.89 bits per heavy atom. The summed E-state index contributed by atoms with van der Waals surface area (Å²) in [4.78, 5) is 18.6. The van der Waals surface area contributed by atoms with Crippen molar-refractivity contribution in [1.29, 1.82) is 0 Å². The first-order chi connectivity index (χ1) is 17.5. The minimum absolute atomic E-state index is 0.0452. The van der Waals surface area contributed by atoms with Gasteiger partial charge in [0.2, 0.25) is 0 Å². The van der Waals surface area contributed by atoms with Crippen molar-refractivity contribution in [3.63, 3.8) is 0 Å². The van der Waals surface area contributed by atoms with Crippen LogP contribution in [0, 0.1) is 12.7 Å². The first-order valence-corrected chi connectivity index (χ1v) is 12.9. The molecule has 0 bridgehead atoms. The van der Waals surface area contributed by atoms with E-state index in [1.54, 1.807) is 12.1 Å². The molecule has 8 heteroatoms. The number of fused-ring (bicyclic) bond motifs is 1. The number of hydrogen-bond acceptors (Lipinski definition) is 5. The molecule has 1 aliphatic rings. The topological polar surface area (TPSA) is 79.7 Å². The van der Waals surface area contributed by atoms with E-state index in [1.807, 2.05) is 22.9 Å². The van der Waals surface area contributed by atoms with Gasteiger partial charge in [-0.05, 0) is 77.9 Å². The van der Waals surface area contributed by atoms with Crippen LogP contribution in [0.2, 0.25) is 0 Å². The predicted molar refractivity (Wildman–Crippen MR) is 138 cm³/mol. The summed E-state index contributed by atoms with van der Waals surface area (Å²) in [7, 11) is 0. The number of H-pyrrole nitrogens is 1. The van der Waals surface area contributed by atoms with Gasteiger partial charge in [-0.3, -0.25) is 9.69 Å². The average molecular weight is 489 g/mol. The number of nitrogens with one attached hydrogen (secondary N) is 1. The first kappa shape index (κ1) is 24.3. The van der Waals surface area contributed by atoms with Crippen LogP contribution in [-0.4, -0.2) is 36.1 Å². The highest BCUT2D eigenvalue weighted by Gasteiger charge is 2.32. The maximum atomic E-state index is 13.4. The molecule has 36 heavy (non-hydrogen) atoms. The van der Waals surface area contributed by atoms with E-state index < -0.39 is 0 Å². The fourth-order valence-corrected chi connectivity index (χ4v) is 5.48. The van der Waals surface area contributed by atoms with Gasteiger partial charge >= 0.3 is 0 Å². The third kappa shape index (κ3) is 5.23. The normalized spacial score (nSPS) is 15.6. The third-order valence-corrected chi connectivity index (χ3v) is 7.36. The smallest absolute Gasteiger partial charge is 0.252 e. The molecule has 0 radical (unpaired) electrons. The Hall–Kier alpha value is -3.39. The van der Waals surface area contributed by atoms with E-state index in [4.69, 9.17) is 0 Å². The Labute approximate surface area is 210 Å². The molecule has 1 aliphatic carbocycles. The maximum absolute atomic E-state index is 13.4. The Balaban J connectivity index is 1.50. The van der Waals surface area contributed by atoms with Gasteiger partial charge in [-0.15, -0.1) is 5.10 Å². The standard InChI is InChI=1S/C28H33FN6O/c1-3-26(27-31-32-33-35(27)17-20-10-12-23(29)13-11-20)34(24-7-5-4-6-8-24)18-22-16-21-15-19(2)9-14-25(21)30-28(22)36/h9-16,24,26H,3-8,17-18H2,1-2H3,(H,30,36). The Morgan fingerprint density at radius 3 is 2.64 bits per heavy atom. The molecule has 1 fully saturated rings. The first-order valence-electron chi connectivity index (χ1n) is 12.9. The Morgan fingerprint density at radius 1 is 1.11 bits per heavy atom. The second-order valence-electron chi connectivity index (χ2n) is 9.92. The summed E-state index contributed by atoms with van der Waals surface area (Å²) >= 11 is 0. The van der Waals surface area contributed by atoms with Crippen LogP contribution in [0.1, 0.15) is 74.0 Å². The lowest BCUT2D eigenvalue weighted by Crippen LogP contribution is -2.41. The summed E-state index contributed by atoms with van der Waals surface area (Å²) in [5, 5.41) is 13.8. The summed E-state index contributed by atoms with van der Waals surface area (Å²) in [6.07, 6.45) is 6.63. The number of nitrogens with zero attached hydrogens (tertiary/aromatic N) is 5. The quantitative estimate of drug-likeness (QED) is 0.364. The van der Waals surface area contributed by atoms with Gasteiger partial charge in [-0.25, -0.2) is 9.07 Å². The molecule has 2 heterocycles. The molecule has 188 valence electrons. The Kier molecular flexibility index (Phi) is 7.23. The number of rotatable bonds is 8. The van der Waals surface area contributed by atoms with Gasteiger partial charge in [0.05, 0.1) is 12.6 Å². The van der Waals surface area contributed by atoms with Gasteiger partial charge in [0.1, 0.15) is 5.82 Å². The molecule has 0 amide bonds. The number of aromatic nitrogens is 5. The molecule has 1 N–H and O–H groups in total. The van der Waals surface area contributed by atoms with E-state index in [0.29, 0.717) is 19.1 Å². The van der Waals surface area contributed by atoms with Crippen LogP contribution in [0.15, 0.2) is 53.3 Å².